The van der Waals surface area contributed by atoms with Gasteiger partial charge in [0.1, 0.15) is 0 Å². The maximum Gasteiger partial charge on any atom is 0.0653 e. The molecule has 2 aromatic rings. The lowest BCUT2D eigenvalue weighted by atomic mass is 10.1. The highest BCUT2D eigenvalue weighted by Gasteiger charge is 2.08. The lowest BCUT2D eigenvalue weighted by Crippen LogP contribution is -2.40. The molecule has 4 nitrogen and oxygen atoms in total. The number of nitrogens with one attached hydrogen (secondary N) is 2. The largest absolute Gasteiger partial charge is 0.311 e. The summed E-state index contributed by atoms with van der Waals surface area (Å²) in [5.41, 5.74) is 2.61. The van der Waals surface area contributed by atoms with Crippen LogP contribution in [-0.2, 0) is 6.54 Å². The van der Waals surface area contributed by atoms with Gasteiger partial charge in [-0.05, 0) is 39.4 Å². The zero-order valence-corrected chi connectivity index (χ0v) is 12.3. The molecule has 0 spiro atoms. The predicted octanol–water partition coefficient (Wildman–Crippen LogP) is 2.38. The van der Waals surface area contributed by atoms with E-state index in [1.807, 2.05) is 6.20 Å². The number of hydrogen-bond acceptors (Lipinski definition) is 3. The summed E-state index contributed by atoms with van der Waals surface area (Å²) in [5.74, 6) is 0. The van der Waals surface area contributed by atoms with E-state index >= 15 is 0 Å². The van der Waals surface area contributed by atoms with Crippen LogP contribution in [0.4, 0.5) is 0 Å². The van der Waals surface area contributed by atoms with Crippen molar-refractivity contribution in [3.8, 4) is 0 Å². The van der Waals surface area contributed by atoms with Crippen molar-refractivity contribution in [1.29, 1.82) is 0 Å². The third-order valence-corrected chi connectivity index (χ3v) is 3.11. The van der Waals surface area contributed by atoms with Crippen molar-refractivity contribution in [2.24, 2.45) is 0 Å². The van der Waals surface area contributed by atoms with Crippen molar-refractivity contribution in [2.75, 3.05) is 20.1 Å². The Hall–Kier alpha value is -1.39. The molecule has 0 saturated heterocycles. The molecule has 1 aromatic carbocycles. The second-order valence-electron chi connectivity index (χ2n) is 6.21. The Morgan fingerprint density at radius 3 is 2.84 bits per heavy atom. The number of aromatic nitrogens is 2. The third-order valence-electron chi connectivity index (χ3n) is 3.11. The third kappa shape index (κ3) is 4.33. The highest BCUT2D eigenvalue weighted by atomic mass is 15.1. The molecule has 0 saturated carbocycles. The number of hydrogen-bond donors (Lipinski definition) is 2. The van der Waals surface area contributed by atoms with Gasteiger partial charge in [-0.25, -0.2) is 0 Å². The maximum absolute atomic E-state index is 4.05. The summed E-state index contributed by atoms with van der Waals surface area (Å²) in [6.07, 6.45) is 1.86. The van der Waals surface area contributed by atoms with Crippen molar-refractivity contribution >= 4 is 10.9 Å². The smallest absolute Gasteiger partial charge is 0.0653 e. The van der Waals surface area contributed by atoms with Gasteiger partial charge in [0.25, 0.3) is 0 Å². The number of fused-ring (bicyclic) bond motifs is 1. The van der Waals surface area contributed by atoms with E-state index in [4.69, 9.17) is 0 Å². The standard InChI is InChI=1S/C15H24N4/c1-15(2,3)16-7-8-19(4)11-12-5-6-13-10-17-18-14(13)9-12/h5-6,9-10,16H,7-8,11H2,1-4H3,(H,17,18). The Labute approximate surface area is 115 Å². The van der Waals surface area contributed by atoms with E-state index in [1.54, 1.807) is 0 Å². The first-order valence-corrected chi connectivity index (χ1v) is 6.80. The minimum atomic E-state index is 0.190. The van der Waals surface area contributed by atoms with E-state index in [2.05, 4.69) is 66.4 Å². The lowest BCUT2D eigenvalue weighted by Gasteiger charge is -2.23. The highest BCUT2D eigenvalue weighted by molar-refractivity contribution is 5.78. The van der Waals surface area contributed by atoms with Gasteiger partial charge >= 0.3 is 0 Å². The number of rotatable bonds is 5. The van der Waals surface area contributed by atoms with Crippen molar-refractivity contribution in [3.63, 3.8) is 0 Å². The van der Waals surface area contributed by atoms with Crippen LogP contribution in [0.1, 0.15) is 26.3 Å². The molecule has 0 aliphatic rings. The molecule has 4 heteroatoms. The van der Waals surface area contributed by atoms with Gasteiger partial charge in [-0.2, -0.15) is 5.10 Å². The van der Waals surface area contributed by atoms with Crippen molar-refractivity contribution in [2.45, 2.75) is 32.9 Å². The first-order valence-electron chi connectivity index (χ1n) is 6.80. The summed E-state index contributed by atoms with van der Waals surface area (Å²) < 4.78 is 0. The predicted molar refractivity (Wildman–Crippen MR) is 80.2 cm³/mol. The Balaban J connectivity index is 1.86. The van der Waals surface area contributed by atoms with Gasteiger partial charge in [-0.15, -0.1) is 0 Å². The fourth-order valence-electron chi connectivity index (χ4n) is 2.10. The molecule has 104 valence electrons. The van der Waals surface area contributed by atoms with Crippen LogP contribution in [0.15, 0.2) is 24.4 Å². The summed E-state index contributed by atoms with van der Waals surface area (Å²) in [6, 6.07) is 6.47. The average molecular weight is 260 g/mol. The van der Waals surface area contributed by atoms with E-state index in [9.17, 15) is 0 Å². The second-order valence-corrected chi connectivity index (χ2v) is 6.21. The fourth-order valence-corrected chi connectivity index (χ4v) is 2.10. The van der Waals surface area contributed by atoms with Crippen LogP contribution in [-0.4, -0.2) is 40.8 Å². The SMILES string of the molecule is CN(CCNC(C)(C)C)Cc1ccc2cn[nH]c2c1. The number of nitrogens with zero attached hydrogens (tertiary/aromatic N) is 2. The van der Waals surface area contributed by atoms with Gasteiger partial charge in [0.15, 0.2) is 0 Å². The number of likely N-dealkylation sites (N-methyl/N-ethyl adjacent to an activating group) is 1. The van der Waals surface area contributed by atoms with Crippen LogP contribution < -0.4 is 5.32 Å². The van der Waals surface area contributed by atoms with Crippen LogP contribution in [0.5, 0.6) is 0 Å². The topological polar surface area (TPSA) is 44.0 Å². The molecule has 0 aliphatic carbocycles. The second kappa shape index (κ2) is 5.72. The minimum absolute atomic E-state index is 0.190. The van der Waals surface area contributed by atoms with Crippen LogP contribution in [0.25, 0.3) is 10.9 Å². The van der Waals surface area contributed by atoms with Gasteiger partial charge in [-0.1, -0.05) is 12.1 Å². The monoisotopic (exact) mass is 260 g/mol. The average Bonchev–Trinajstić information content (AvgIpc) is 2.74. The van der Waals surface area contributed by atoms with Crippen LogP contribution in [0.2, 0.25) is 0 Å². The Morgan fingerprint density at radius 2 is 2.11 bits per heavy atom. The molecule has 0 aliphatic heterocycles. The molecule has 1 aromatic heterocycles. The van der Waals surface area contributed by atoms with Crippen LogP contribution in [0, 0.1) is 0 Å². The molecule has 0 fully saturated rings. The molecule has 1 heterocycles. The maximum atomic E-state index is 4.05. The van der Waals surface area contributed by atoms with Gasteiger partial charge in [0, 0.05) is 30.6 Å². The highest BCUT2D eigenvalue weighted by Crippen LogP contribution is 2.13. The van der Waals surface area contributed by atoms with E-state index in [0.717, 1.165) is 25.2 Å². The molecule has 2 rings (SSSR count). The zero-order chi connectivity index (χ0) is 13.9. The normalized spacial score (nSPS) is 12.5. The van der Waals surface area contributed by atoms with Crippen molar-refractivity contribution in [3.05, 3.63) is 30.0 Å². The van der Waals surface area contributed by atoms with E-state index in [0.29, 0.717) is 0 Å². The molecule has 0 atom stereocenters. The quantitative estimate of drug-likeness (QED) is 0.867. The fraction of sp³-hybridized carbons (Fsp3) is 0.533. The summed E-state index contributed by atoms with van der Waals surface area (Å²) in [6.45, 7) is 9.59. The minimum Gasteiger partial charge on any atom is -0.311 e. The number of benzene rings is 1. The number of aromatic amines is 1. The molecule has 0 radical (unpaired) electrons. The van der Waals surface area contributed by atoms with Gasteiger partial charge in [0.05, 0.1) is 11.7 Å². The Morgan fingerprint density at radius 1 is 1.32 bits per heavy atom. The first-order chi connectivity index (χ1) is 8.94. The van der Waals surface area contributed by atoms with Crippen molar-refractivity contribution < 1.29 is 0 Å². The molecule has 0 bridgehead atoms. The summed E-state index contributed by atoms with van der Waals surface area (Å²) in [7, 11) is 2.15. The van der Waals surface area contributed by atoms with Gasteiger partial charge in [0.2, 0.25) is 0 Å². The Kier molecular flexibility index (Phi) is 4.22. The van der Waals surface area contributed by atoms with Crippen LogP contribution in [0.3, 0.4) is 0 Å². The Bertz CT molecular complexity index is 524. The molecule has 2 N–H and O–H groups in total. The van der Waals surface area contributed by atoms with E-state index < -0.39 is 0 Å². The van der Waals surface area contributed by atoms with Crippen LogP contribution >= 0.6 is 0 Å². The van der Waals surface area contributed by atoms with E-state index in [1.165, 1.54) is 10.9 Å². The lowest BCUT2D eigenvalue weighted by molar-refractivity contribution is 0.303. The zero-order valence-electron chi connectivity index (χ0n) is 12.3. The van der Waals surface area contributed by atoms with Crippen molar-refractivity contribution in [1.82, 2.24) is 20.4 Å². The van der Waals surface area contributed by atoms with E-state index in [-0.39, 0.29) is 5.54 Å². The summed E-state index contributed by atoms with van der Waals surface area (Å²) in [4.78, 5) is 2.33. The first kappa shape index (κ1) is 14.0. The van der Waals surface area contributed by atoms with Gasteiger partial charge in [-0.3, -0.25) is 5.10 Å². The molecular weight excluding hydrogens is 236 g/mol. The number of H-pyrrole nitrogens is 1. The molecule has 0 unspecified atom stereocenters. The molecule has 0 amide bonds. The van der Waals surface area contributed by atoms with Gasteiger partial charge < -0.3 is 10.2 Å². The molecule has 19 heavy (non-hydrogen) atoms. The summed E-state index contributed by atoms with van der Waals surface area (Å²) >= 11 is 0. The molecular formula is C15H24N4. The summed E-state index contributed by atoms with van der Waals surface area (Å²) in [5, 5.41) is 11.7.